The standard InChI is InChI=1S/C22H27BrN2O2/c1-13(2)20(25-21(26)17-8-6-7-9-19(17)23)22(27)24-16(5)18-12-14(3)10-11-15(18)4/h6-13,16,20H,1-5H3,(H,24,27)(H,25,26)/t16-,20-/m0/s1. The van der Waals surface area contributed by atoms with E-state index in [4.69, 9.17) is 0 Å². The first kappa shape index (κ1) is 21.2. The van der Waals surface area contributed by atoms with Gasteiger partial charge in [-0.2, -0.15) is 0 Å². The zero-order valence-corrected chi connectivity index (χ0v) is 18.1. The topological polar surface area (TPSA) is 58.2 Å². The Kier molecular flexibility index (Phi) is 7.19. The van der Waals surface area contributed by atoms with Gasteiger partial charge in [0.1, 0.15) is 6.04 Å². The van der Waals surface area contributed by atoms with Crippen LogP contribution in [0.2, 0.25) is 0 Å². The van der Waals surface area contributed by atoms with Gasteiger partial charge in [-0.15, -0.1) is 0 Å². The maximum atomic E-state index is 12.9. The summed E-state index contributed by atoms with van der Waals surface area (Å²) in [6, 6.07) is 12.6. The van der Waals surface area contributed by atoms with Gasteiger partial charge in [0.25, 0.3) is 5.91 Å². The molecule has 0 aromatic heterocycles. The zero-order valence-electron chi connectivity index (χ0n) is 16.5. The van der Waals surface area contributed by atoms with Crippen molar-refractivity contribution in [1.82, 2.24) is 10.6 Å². The minimum Gasteiger partial charge on any atom is -0.348 e. The fourth-order valence-corrected chi connectivity index (χ4v) is 3.47. The molecule has 0 bridgehead atoms. The Labute approximate surface area is 169 Å². The Morgan fingerprint density at radius 3 is 2.26 bits per heavy atom. The molecule has 0 spiro atoms. The van der Waals surface area contributed by atoms with Gasteiger partial charge in [0, 0.05) is 4.47 Å². The first-order valence-corrected chi connectivity index (χ1v) is 9.93. The average molecular weight is 431 g/mol. The molecule has 0 radical (unpaired) electrons. The Morgan fingerprint density at radius 1 is 0.963 bits per heavy atom. The van der Waals surface area contributed by atoms with Gasteiger partial charge < -0.3 is 10.6 Å². The van der Waals surface area contributed by atoms with Gasteiger partial charge in [0.2, 0.25) is 5.91 Å². The molecular weight excluding hydrogens is 404 g/mol. The van der Waals surface area contributed by atoms with E-state index < -0.39 is 6.04 Å². The summed E-state index contributed by atoms with van der Waals surface area (Å²) in [5.41, 5.74) is 3.88. The maximum Gasteiger partial charge on any atom is 0.253 e. The lowest BCUT2D eigenvalue weighted by molar-refractivity contribution is -0.124. The highest BCUT2D eigenvalue weighted by atomic mass is 79.9. The molecule has 2 rings (SSSR count). The van der Waals surface area contributed by atoms with Crippen LogP contribution >= 0.6 is 15.9 Å². The van der Waals surface area contributed by atoms with Crippen molar-refractivity contribution in [3.05, 3.63) is 69.2 Å². The second-order valence-corrected chi connectivity index (χ2v) is 8.12. The van der Waals surface area contributed by atoms with Crippen LogP contribution in [0, 0.1) is 19.8 Å². The van der Waals surface area contributed by atoms with E-state index in [-0.39, 0.29) is 23.8 Å². The van der Waals surface area contributed by atoms with E-state index in [1.54, 1.807) is 12.1 Å². The molecule has 0 aliphatic rings. The van der Waals surface area contributed by atoms with Crippen LogP contribution in [-0.2, 0) is 4.79 Å². The maximum absolute atomic E-state index is 12.9. The second-order valence-electron chi connectivity index (χ2n) is 7.27. The van der Waals surface area contributed by atoms with E-state index in [2.05, 4.69) is 44.8 Å². The largest absolute Gasteiger partial charge is 0.348 e. The summed E-state index contributed by atoms with van der Waals surface area (Å²) in [5, 5.41) is 5.93. The molecule has 0 saturated carbocycles. The smallest absolute Gasteiger partial charge is 0.253 e. The predicted octanol–water partition coefficient (Wildman–Crippen LogP) is 4.70. The number of aryl methyl sites for hydroxylation is 2. The van der Waals surface area contributed by atoms with Crippen LogP contribution in [0.25, 0.3) is 0 Å². The Bertz CT molecular complexity index is 833. The SMILES string of the molecule is Cc1ccc(C)c([C@H](C)NC(=O)[C@@H](NC(=O)c2ccccc2Br)C(C)C)c1. The van der Waals surface area contributed by atoms with Crippen molar-refractivity contribution in [3.8, 4) is 0 Å². The number of hydrogen-bond acceptors (Lipinski definition) is 2. The third-order valence-corrected chi connectivity index (χ3v) is 5.31. The second kappa shape index (κ2) is 9.18. The number of benzene rings is 2. The van der Waals surface area contributed by atoms with Crippen LogP contribution in [0.1, 0.15) is 53.9 Å². The van der Waals surface area contributed by atoms with Gasteiger partial charge >= 0.3 is 0 Å². The monoisotopic (exact) mass is 430 g/mol. The van der Waals surface area contributed by atoms with E-state index in [1.165, 1.54) is 0 Å². The quantitative estimate of drug-likeness (QED) is 0.697. The van der Waals surface area contributed by atoms with Crippen molar-refractivity contribution >= 4 is 27.7 Å². The van der Waals surface area contributed by atoms with E-state index in [9.17, 15) is 9.59 Å². The number of amides is 2. The predicted molar refractivity (Wildman–Crippen MR) is 113 cm³/mol. The van der Waals surface area contributed by atoms with E-state index >= 15 is 0 Å². The number of rotatable bonds is 6. The van der Waals surface area contributed by atoms with Crippen molar-refractivity contribution in [3.63, 3.8) is 0 Å². The van der Waals surface area contributed by atoms with E-state index in [0.29, 0.717) is 10.0 Å². The fourth-order valence-electron chi connectivity index (χ4n) is 3.01. The van der Waals surface area contributed by atoms with Crippen molar-refractivity contribution in [1.29, 1.82) is 0 Å². The minimum absolute atomic E-state index is 0.0396. The number of carbonyl (C=O) groups is 2. The van der Waals surface area contributed by atoms with Crippen molar-refractivity contribution in [2.45, 2.75) is 46.7 Å². The molecule has 0 saturated heterocycles. The molecule has 0 heterocycles. The lowest BCUT2D eigenvalue weighted by Crippen LogP contribution is -2.50. The van der Waals surface area contributed by atoms with Crippen molar-refractivity contribution in [2.24, 2.45) is 5.92 Å². The highest BCUT2D eigenvalue weighted by molar-refractivity contribution is 9.10. The van der Waals surface area contributed by atoms with Gasteiger partial charge in [0.05, 0.1) is 11.6 Å². The Balaban J connectivity index is 2.14. The molecule has 2 aromatic rings. The molecular formula is C22H27BrN2O2. The minimum atomic E-state index is -0.614. The summed E-state index contributed by atoms with van der Waals surface area (Å²) in [4.78, 5) is 25.5. The van der Waals surface area contributed by atoms with Crippen LogP contribution in [0.3, 0.4) is 0 Å². The summed E-state index contributed by atoms with van der Waals surface area (Å²) in [6.07, 6.45) is 0. The molecule has 0 fully saturated rings. The molecule has 144 valence electrons. The first-order chi connectivity index (χ1) is 12.7. The number of halogens is 1. The summed E-state index contributed by atoms with van der Waals surface area (Å²) < 4.78 is 0.703. The van der Waals surface area contributed by atoms with Gasteiger partial charge in [-0.1, -0.05) is 49.7 Å². The van der Waals surface area contributed by atoms with Gasteiger partial charge in [-0.3, -0.25) is 9.59 Å². The highest BCUT2D eigenvalue weighted by Crippen LogP contribution is 2.20. The van der Waals surface area contributed by atoms with Gasteiger partial charge in [0.15, 0.2) is 0 Å². The highest BCUT2D eigenvalue weighted by Gasteiger charge is 2.26. The van der Waals surface area contributed by atoms with Crippen LogP contribution in [0.5, 0.6) is 0 Å². The molecule has 2 N–H and O–H groups in total. The number of hydrogen-bond donors (Lipinski definition) is 2. The van der Waals surface area contributed by atoms with Crippen LogP contribution in [0.4, 0.5) is 0 Å². The summed E-state index contributed by atoms with van der Waals surface area (Å²) in [5.74, 6) is -0.489. The lowest BCUT2D eigenvalue weighted by atomic mass is 9.98. The number of carbonyl (C=O) groups excluding carboxylic acids is 2. The lowest BCUT2D eigenvalue weighted by Gasteiger charge is -2.25. The molecule has 4 nitrogen and oxygen atoms in total. The van der Waals surface area contributed by atoms with Crippen LogP contribution in [0.15, 0.2) is 46.9 Å². The molecule has 2 aromatic carbocycles. The molecule has 27 heavy (non-hydrogen) atoms. The van der Waals surface area contributed by atoms with E-state index in [1.807, 2.05) is 46.8 Å². The third kappa shape index (κ3) is 5.42. The third-order valence-electron chi connectivity index (χ3n) is 4.61. The number of nitrogens with one attached hydrogen (secondary N) is 2. The average Bonchev–Trinajstić information content (AvgIpc) is 2.61. The molecule has 0 unspecified atom stereocenters. The van der Waals surface area contributed by atoms with Crippen molar-refractivity contribution < 1.29 is 9.59 Å². The summed E-state index contributed by atoms with van der Waals surface area (Å²) in [7, 11) is 0. The molecule has 2 atom stereocenters. The Hall–Kier alpha value is -2.14. The van der Waals surface area contributed by atoms with Gasteiger partial charge in [-0.05, 0) is 65.9 Å². The van der Waals surface area contributed by atoms with Crippen LogP contribution < -0.4 is 10.6 Å². The molecule has 0 aliphatic carbocycles. The summed E-state index contributed by atoms with van der Waals surface area (Å²) in [6.45, 7) is 9.88. The van der Waals surface area contributed by atoms with Gasteiger partial charge in [-0.25, -0.2) is 0 Å². The fraction of sp³-hybridized carbons (Fsp3) is 0.364. The normalized spacial score (nSPS) is 13.1. The first-order valence-electron chi connectivity index (χ1n) is 9.13. The zero-order chi connectivity index (χ0) is 20.1. The molecule has 0 aliphatic heterocycles. The van der Waals surface area contributed by atoms with Crippen LogP contribution in [-0.4, -0.2) is 17.9 Å². The summed E-state index contributed by atoms with van der Waals surface area (Å²) >= 11 is 3.39. The van der Waals surface area contributed by atoms with Crippen molar-refractivity contribution in [2.75, 3.05) is 0 Å². The molecule has 5 heteroatoms. The van der Waals surface area contributed by atoms with E-state index in [0.717, 1.165) is 16.7 Å². The molecule has 2 amide bonds. The Morgan fingerprint density at radius 2 is 1.63 bits per heavy atom.